The lowest BCUT2D eigenvalue weighted by Gasteiger charge is -2.27. The lowest BCUT2D eigenvalue weighted by Crippen LogP contribution is -2.22. The fraction of sp³-hybridized carbons (Fsp3) is 0.583. The lowest BCUT2D eigenvalue weighted by atomic mass is 9.83. The average molecular weight is 303 g/mol. The van der Waals surface area contributed by atoms with Gasteiger partial charge in [0.25, 0.3) is 0 Å². The normalized spacial score (nSPS) is 21.7. The number of rotatable bonds is 4. The van der Waals surface area contributed by atoms with Crippen molar-refractivity contribution < 1.29 is 0 Å². The summed E-state index contributed by atoms with van der Waals surface area (Å²) in [6, 6.07) is 2.24. The summed E-state index contributed by atoms with van der Waals surface area (Å²) in [5.41, 5.74) is 4.56. The van der Waals surface area contributed by atoms with Crippen LogP contribution in [0.1, 0.15) is 37.3 Å². The first kappa shape index (κ1) is 14.3. The van der Waals surface area contributed by atoms with Crippen molar-refractivity contribution in [3.63, 3.8) is 0 Å². The van der Waals surface area contributed by atoms with Crippen LogP contribution in [0, 0.1) is 5.92 Å². The second-order valence-electron chi connectivity index (χ2n) is 4.67. The van der Waals surface area contributed by atoms with Gasteiger partial charge in [0.2, 0.25) is 0 Å². The fourth-order valence-electron chi connectivity index (χ4n) is 2.65. The molecule has 0 bridgehead atoms. The Bertz CT molecular complexity index is 383. The van der Waals surface area contributed by atoms with Gasteiger partial charge in [-0.1, -0.05) is 27.7 Å². The summed E-state index contributed by atoms with van der Waals surface area (Å²) < 4.78 is 0. The van der Waals surface area contributed by atoms with Crippen LogP contribution in [-0.2, 0) is 12.8 Å². The number of hydrogen-bond acceptors (Lipinski definition) is 1. The Morgan fingerprint density at radius 2 is 2.41 bits per heavy atom. The van der Waals surface area contributed by atoms with Crippen molar-refractivity contribution in [1.29, 1.82) is 0 Å². The van der Waals surface area contributed by atoms with E-state index in [0.29, 0.717) is 0 Å². The van der Waals surface area contributed by atoms with Gasteiger partial charge >= 0.3 is 0 Å². The van der Waals surface area contributed by atoms with Crippen molar-refractivity contribution >= 4 is 38.5 Å². The molecule has 0 aromatic carbocycles. The number of aryl methyl sites for hydroxylation is 1. The Hall–Kier alpha value is 0.870. The van der Waals surface area contributed by atoms with Crippen molar-refractivity contribution in [2.45, 2.75) is 39.0 Å². The molecule has 5 unspecified atom stereocenters. The highest BCUT2D eigenvalue weighted by atomic mass is 32.6. The maximum atomic E-state index is 4.66. The van der Waals surface area contributed by atoms with Gasteiger partial charge in [-0.15, -0.1) is 17.9 Å². The van der Waals surface area contributed by atoms with Crippen molar-refractivity contribution in [3.8, 4) is 0 Å². The predicted molar refractivity (Wildman–Crippen MR) is 88.9 cm³/mol. The van der Waals surface area contributed by atoms with E-state index in [4.69, 9.17) is 0 Å². The summed E-state index contributed by atoms with van der Waals surface area (Å²) in [7, 11) is 6.68. The summed E-state index contributed by atoms with van der Waals surface area (Å²) >= 11 is 0. The molecule has 1 nitrogen and oxygen atoms in total. The van der Waals surface area contributed by atoms with Gasteiger partial charge in [-0.05, 0) is 49.7 Å². The second-order valence-corrected chi connectivity index (χ2v) is 13.7. The van der Waals surface area contributed by atoms with Gasteiger partial charge in [0, 0.05) is 6.20 Å². The third-order valence-electron chi connectivity index (χ3n) is 3.51. The van der Waals surface area contributed by atoms with Gasteiger partial charge in [0.05, 0.1) is 5.44 Å². The van der Waals surface area contributed by atoms with E-state index in [0.717, 1.165) is 13.9 Å². The van der Waals surface area contributed by atoms with E-state index in [1.165, 1.54) is 37.5 Å². The molecule has 17 heavy (non-hydrogen) atoms. The third-order valence-corrected chi connectivity index (χ3v) is 13.4. The zero-order valence-corrected chi connectivity index (χ0v) is 14.5. The van der Waals surface area contributed by atoms with Gasteiger partial charge in [-0.2, -0.15) is 0 Å². The minimum atomic E-state index is -0.120. The van der Waals surface area contributed by atoms with Crippen molar-refractivity contribution in [2.24, 2.45) is 5.92 Å². The van der Waals surface area contributed by atoms with E-state index in [1.54, 1.807) is 11.1 Å². The third kappa shape index (κ3) is 3.45. The van der Waals surface area contributed by atoms with E-state index in [1.807, 2.05) is 6.20 Å². The van der Waals surface area contributed by atoms with Crippen molar-refractivity contribution in [1.82, 2.24) is 4.98 Å². The molecule has 0 aliphatic heterocycles. The maximum Gasteiger partial charge on any atom is 0.0747 e. The zero-order valence-electron chi connectivity index (χ0n) is 10.3. The molecule has 1 heterocycles. The summed E-state index contributed by atoms with van der Waals surface area (Å²) in [5.74, 6) is 0.900. The van der Waals surface area contributed by atoms with Crippen LogP contribution in [0.3, 0.4) is 0 Å². The highest BCUT2D eigenvalue weighted by Crippen LogP contribution is 2.65. The van der Waals surface area contributed by atoms with E-state index < -0.39 is 0 Å². The standard InChI is InChI=1S/C12H21NP4/c1-2-3-9-4-5-10-6-7-13-12(11(10)8-9)17(15)16-14/h6-7,9,16H,2-5,8,14-15H2,1H3. The molecule has 5 atom stereocenters. The molecule has 0 spiro atoms. The molecule has 1 aliphatic rings. The second kappa shape index (κ2) is 6.87. The summed E-state index contributed by atoms with van der Waals surface area (Å²) in [6.07, 6.45) is 8.63. The minimum absolute atomic E-state index is 0.120. The molecule has 0 fully saturated rings. The quantitative estimate of drug-likeness (QED) is 0.757. The molecule has 0 saturated heterocycles. The molecule has 0 radical (unpaired) electrons. The zero-order chi connectivity index (χ0) is 12.3. The van der Waals surface area contributed by atoms with Gasteiger partial charge in [-0.3, -0.25) is 4.98 Å². The molecular formula is C12H21NP4. The Kier molecular flexibility index (Phi) is 5.77. The first-order valence-electron chi connectivity index (χ1n) is 6.24. The first-order valence-corrected chi connectivity index (χ1v) is 12.8. The highest BCUT2D eigenvalue weighted by molar-refractivity contribution is 8.63. The largest absolute Gasteiger partial charge is 0.256 e. The summed E-state index contributed by atoms with van der Waals surface area (Å²) in [5, 5.41) is 0. The number of pyridine rings is 1. The van der Waals surface area contributed by atoms with Gasteiger partial charge in [0.15, 0.2) is 0 Å². The van der Waals surface area contributed by atoms with Gasteiger partial charge < -0.3 is 0 Å². The highest BCUT2D eigenvalue weighted by Gasteiger charge is 2.22. The van der Waals surface area contributed by atoms with Crippen LogP contribution in [-0.4, -0.2) is 4.98 Å². The van der Waals surface area contributed by atoms with Crippen LogP contribution in [0.25, 0.3) is 0 Å². The van der Waals surface area contributed by atoms with E-state index in [9.17, 15) is 0 Å². The van der Waals surface area contributed by atoms with Gasteiger partial charge in [0.1, 0.15) is 0 Å². The number of fused-ring (bicyclic) bond motifs is 1. The van der Waals surface area contributed by atoms with Crippen LogP contribution in [0.2, 0.25) is 0 Å². The Balaban J connectivity index is 2.26. The number of hydrogen-bond donors (Lipinski definition) is 0. The number of nitrogens with zero attached hydrogens (tertiary/aromatic N) is 1. The summed E-state index contributed by atoms with van der Waals surface area (Å²) in [4.78, 5) is 4.66. The monoisotopic (exact) mass is 303 g/mol. The molecule has 1 aromatic rings. The van der Waals surface area contributed by atoms with Crippen LogP contribution in [0.5, 0.6) is 0 Å². The van der Waals surface area contributed by atoms with Gasteiger partial charge in [-0.25, -0.2) is 0 Å². The van der Waals surface area contributed by atoms with E-state index >= 15 is 0 Å². The lowest BCUT2D eigenvalue weighted by molar-refractivity contribution is 0.423. The fourth-order valence-corrected chi connectivity index (χ4v) is 6.20. The summed E-state index contributed by atoms with van der Waals surface area (Å²) in [6.45, 7) is 2.30. The first-order chi connectivity index (χ1) is 8.26. The molecular weight excluding hydrogens is 282 g/mol. The SMILES string of the molecule is CCCC1CCc2ccnc(P(P)PP)c2C1. The topological polar surface area (TPSA) is 12.9 Å². The van der Waals surface area contributed by atoms with Crippen LogP contribution < -0.4 is 5.44 Å². The van der Waals surface area contributed by atoms with Crippen LogP contribution in [0.15, 0.2) is 12.3 Å². The average Bonchev–Trinajstić information content (AvgIpc) is 2.37. The molecule has 94 valence electrons. The molecule has 0 saturated carbocycles. The van der Waals surface area contributed by atoms with E-state index in [-0.39, 0.29) is 7.30 Å². The molecule has 1 aromatic heterocycles. The molecule has 1 aliphatic carbocycles. The van der Waals surface area contributed by atoms with E-state index in [2.05, 4.69) is 35.8 Å². The molecule has 0 amide bonds. The molecule has 0 N–H and O–H groups in total. The minimum Gasteiger partial charge on any atom is -0.256 e. The van der Waals surface area contributed by atoms with Crippen molar-refractivity contribution in [2.75, 3.05) is 0 Å². The maximum absolute atomic E-state index is 4.66. The number of aromatic nitrogens is 1. The van der Waals surface area contributed by atoms with Crippen LogP contribution >= 0.6 is 33.1 Å². The Morgan fingerprint density at radius 1 is 1.59 bits per heavy atom. The van der Waals surface area contributed by atoms with Crippen molar-refractivity contribution in [3.05, 3.63) is 23.4 Å². The smallest absolute Gasteiger partial charge is 0.0747 e. The Labute approximate surface area is 112 Å². The molecule has 2 rings (SSSR count). The van der Waals surface area contributed by atoms with Crippen LogP contribution in [0.4, 0.5) is 0 Å². The Morgan fingerprint density at radius 3 is 3.12 bits per heavy atom. The predicted octanol–water partition coefficient (Wildman–Crippen LogP) is 4.27. The molecule has 5 heteroatoms.